The zero-order chi connectivity index (χ0) is 11.3. The van der Waals surface area contributed by atoms with Crippen molar-refractivity contribution in [2.24, 2.45) is 5.73 Å². The lowest BCUT2D eigenvalue weighted by Gasteiger charge is -2.12. The Morgan fingerprint density at radius 2 is 2.27 bits per heavy atom. The molecular formula is C11H15ClFNS. The van der Waals surface area contributed by atoms with Crippen molar-refractivity contribution in [3.8, 4) is 0 Å². The van der Waals surface area contributed by atoms with Gasteiger partial charge in [0.15, 0.2) is 0 Å². The summed E-state index contributed by atoms with van der Waals surface area (Å²) in [4.78, 5) is 0. The second-order valence-corrected chi connectivity index (χ2v) is 4.82. The molecular weight excluding hydrogens is 233 g/mol. The highest BCUT2D eigenvalue weighted by Gasteiger charge is 2.09. The zero-order valence-corrected chi connectivity index (χ0v) is 10.2. The maximum absolute atomic E-state index is 13.1. The zero-order valence-electron chi connectivity index (χ0n) is 8.67. The van der Waals surface area contributed by atoms with Crippen LogP contribution in [0.5, 0.6) is 0 Å². The Kier molecular flexibility index (Phi) is 5.43. The maximum Gasteiger partial charge on any atom is 0.142 e. The van der Waals surface area contributed by atoms with Gasteiger partial charge in [-0.3, -0.25) is 0 Å². The third-order valence-corrected chi connectivity index (χ3v) is 3.27. The Hall–Kier alpha value is -0.250. The Labute approximate surface area is 99.2 Å². The molecule has 0 amide bonds. The highest BCUT2D eigenvalue weighted by Crippen LogP contribution is 2.21. The summed E-state index contributed by atoms with van der Waals surface area (Å²) in [6, 6.07) is 4.90. The quantitative estimate of drug-likeness (QED) is 0.865. The van der Waals surface area contributed by atoms with Gasteiger partial charge in [-0.25, -0.2) is 4.39 Å². The molecule has 84 valence electrons. The van der Waals surface area contributed by atoms with Gasteiger partial charge in [0.25, 0.3) is 0 Å². The molecule has 1 unspecified atom stereocenters. The van der Waals surface area contributed by atoms with Crippen LogP contribution in [0, 0.1) is 5.82 Å². The van der Waals surface area contributed by atoms with Crippen LogP contribution < -0.4 is 5.73 Å². The number of thioether (sulfide) groups is 1. The minimum absolute atomic E-state index is 0.0525. The average Bonchev–Trinajstić information content (AvgIpc) is 2.22. The minimum Gasteiger partial charge on any atom is -0.327 e. The lowest BCUT2D eigenvalue weighted by Crippen LogP contribution is -2.23. The van der Waals surface area contributed by atoms with Crippen molar-refractivity contribution < 1.29 is 4.39 Å². The first-order valence-corrected chi connectivity index (χ1v) is 6.59. The number of hydrogen-bond acceptors (Lipinski definition) is 2. The van der Waals surface area contributed by atoms with Gasteiger partial charge in [-0.2, -0.15) is 11.8 Å². The van der Waals surface area contributed by atoms with Crippen LogP contribution in [0.3, 0.4) is 0 Å². The van der Waals surface area contributed by atoms with E-state index in [4.69, 9.17) is 17.3 Å². The number of halogens is 2. The first kappa shape index (κ1) is 12.8. The van der Waals surface area contributed by atoms with E-state index in [1.807, 2.05) is 12.3 Å². The van der Waals surface area contributed by atoms with E-state index in [1.54, 1.807) is 17.8 Å². The van der Waals surface area contributed by atoms with Crippen molar-refractivity contribution in [1.82, 2.24) is 0 Å². The van der Waals surface area contributed by atoms with Crippen molar-refractivity contribution in [3.63, 3.8) is 0 Å². The molecule has 2 N–H and O–H groups in total. The van der Waals surface area contributed by atoms with E-state index in [-0.39, 0.29) is 16.9 Å². The van der Waals surface area contributed by atoms with Crippen LogP contribution in [0.4, 0.5) is 4.39 Å². The summed E-state index contributed by atoms with van der Waals surface area (Å²) in [5.74, 6) is 0.653. The second-order valence-electron chi connectivity index (χ2n) is 3.46. The van der Waals surface area contributed by atoms with Gasteiger partial charge in [0.05, 0.1) is 5.02 Å². The smallest absolute Gasteiger partial charge is 0.142 e. The summed E-state index contributed by atoms with van der Waals surface area (Å²) in [7, 11) is 0. The van der Waals surface area contributed by atoms with E-state index in [9.17, 15) is 4.39 Å². The van der Waals surface area contributed by atoms with E-state index in [0.717, 1.165) is 17.7 Å². The highest BCUT2D eigenvalue weighted by atomic mass is 35.5. The van der Waals surface area contributed by atoms with E-state index in [0.29, 0.717) is 6.42 Å². The van der Waals surface area contributed by atoms with E-state index < -0.39 is 0 Å². The van der Waals surface area contributed by atoms with Crippen molar-refractivity contribution >= 4 is 23.4 Å². The van der Waals surface area contributed by atoms with Crippen LogP contribution in [-0.4, -0.2) is 18.1 Å². The van der Waals surface area contributed by atoms with Crippen LogP contribution in [0.2, 0.25) is 5.02 Å². The van der Waals surface area contributed by atoms with Crippen molar-refractivity contribution in [1.29, 1.82) is 0 Å². The molecule has 0 aliphatic heterocycles. The number of rotatable bonds is 5. The number of benzene rings is 1. The molecule has 4 heteroatoms. The first-order valence-electron chi connectivity index (χ1n) is 4.82. The lowest BCUT2D eigenvalue weighted by molar-refractivity contribution is 0.616. The van der Waals surface area contributed by atoms with Crippen LogP contribution in [0.15, 0.2) is 18.2 Å². The SMILES string of the molecule is CSCCC(N)Cc1cccc(F)c1Cl. The monoisotopic (exact) mass is 247 g/mol. The molecule has 0 aliphatic rings. The predicted octanol–water partition coefficient (Wildman–Crippen LogP) is 3.10. The van der Waals surface area contributed by atoms with Crippen molar-refractivity contribution in [2.75, 3.05) is 12.0 Å². The molecule has 0 radical (unpaired) electrons. The summed E-state index contributed by atoms with van der Waals surface area (Å²) < 4.78 is 13.1. The Morgan fingerprint density at radius 1 is 1.53 bits per heavy atom. The van der Waals surface area contributed by atoms with Crippen LogP contribution in [0.1, 0.15) is 12.0 Å². The lowest BCUT2D eigenvalue weighted by atomic mass is 10.0. The van der Waals surface area contributed by atoms with Crippen LogP contribution in [0.25, 0.3) is 0 Å². The molecule has 0 saturated heterocycles. The molecule has 0 aromatic heterocycles. The molecule has 0 bridgehead atoms. The largest absolute Gasteiger partial charge is 0.327 e. The number of hydrogen-bond donors (Lipinski definition) is 1. The van der Waals surface area contributed by atoms with Gasteiger partial charge in [-0.05, 0) is 36.5 Å². The predicted molar refractivity (Wildman–Crippen MR) is 66.1 cm³/mol. The maximum atomic E-state index is 13.1. The van der Waals surface area contributed by atoms with Crippen LogP contribution >= 0.6 is 23.4 Å². The standard InChI is InChI=1S/C11H15ClFNS/c1-15-6-5-9(14)7-8-3-2-4-10(13)11(8)12/h2-4,9H,5-7,14H2,1H3. The van der Waals surface area contributed by atoms with Gasteiger partial charge in [0, 0.05) is 6.04 Å². The molecule has 0 heterocycles. The van der Waals surface area contributed by atoms with Gasteiger partial charge in [0.1, 0.15) is 5.82 Å². The molecule has 1 aromatic carbocycles. The fourth-order valence-electron chi connectivity index (χ4n) is 1.36. The fourth-order valence-corrected chi connectivity index (χ4v) is 2.10. The molecule has 1 atom stereocenters. The molecule has 1 aromatic rings. The Morgan fingerprint density at radius 3 is 2.93 bits per heavy atom. The van der Waals surface area contributed by atoms with Gasteiger partial charge < -0.3 is 5.73 Å². The van der Waals surface area contributed by atoms with E-state index >= 15 is 0 Å². The second kappa shape index (κ2) is 6.36. The number of nitrogens with two attached hydrogens (primary N) is 1. The van der Waals surface area contributed by atoms with Crippen LogP contribution in [-0.2, 0) is 6.42 Å². The highest BCUT2D eigenvalue weighted by molar-refractivity contribution is 7.98. The molecule has 0 spiro atoms. The summed E-state index contributed by atoms with van der Waals surface area (Å²) in [6.07, 6.45) is 3.60. The van der Waals surface area contributed by atoms with E-state index in [1.165, 1.54) is 6.07 Å². The topological polar surface area (TPSA) is 26.0 Å². The third-order valence-electron chi connectivity index (χ3n) is 2.21. The van der Waals surface area contributed by atoms with E-state index in [2.05, 4.69) is 0 Å². The fraction of sp³-hybridized carbons (Fsp3) is 0.455. The van der Waals surface area contributed by atoms with Gasteiger partial charge in [0.2, 0.25) is 0 Å². The normalized spacial score (nSPS) is 12.8. The van der Waals surface area contributed by atoms with Crippen molar-refractivity contribution in [2.45, 2.75) is 18.9 Å². The minimum atomic E-state index is -0.369. The molecule has 0 aliphatic carbocycles. The Bertz CT molecular complexity index is 319. The van der Waals surface area contributed by atoms with Crippen molar-refractivity contribution in [3.05, 3.63) is 34.6 Å². The molecule has 0 saturated carbocycles. The molecule has 1 rings (SSSR count). The first-order chi connectivity index (χ1) is 7.15. The summed E-state index contributed by atoms with van der Waals surface area (Å²) in [5.41, 5.74) is 6.71. The summed E-state index contributed by atoms with van der Waals surface area (Å²) in [5, 5.41) is 0.206. The average molecular weight is 248 g/mol. The van der Waals surface area contributed by atoms with Gasteiger partial charge in [-0.15, -0.1) is 0 Å². The summed E-state index contributed by atoms with van der Waals surface area (Å²) in [6.45, 7) is 0. The van der Waals surface area contributed by atoms with Gasteiger partial charge in [-0.1, -0.05) is 23.7 Å². The Balaban J connectivity index is 2.60. The molecule has 1 nitrogen and oxygen atoms in total. The van der Waals surface area contributed by atoms with Gasteiger partial charge >= 0.3 is 0 Å². The summed E-state index contributed by atoms with van der Waals surface area (Å²) >= 11 is 7.60. The molecule has 15 heavy (non-hydrogen) atoms. The molecule has 0 fully saturated rings. The third kappa shape index (κ3) is 4.01.